The van der Waals surface area contributed by atoms with Crippen molar-refractivity contribution in [2.24, 2.45) is 11.5 Å². The summed E-state index contributed by atoms with van der Waals surface area (Å²) < 4.78 is 60.4. The molecule has 1 aliphatic heterocycles. The van der Waals surface area contributed by atoms with E-state index in [0.717, 1.165) is 27.7 Å². The van der Waals surface area contributed by atoms with Crippen LogP contribution >= 0.6 is 0 Å². The van der Waals surface area contributed by atoms with Gasteiger partial charge >= 0.3 is 35.8 Å². The molecule has 5 N–H and O–H groups in total. The SMILES string of the molecule is CCC(OC)C(OC(=O)c1ccccc1)C(OC(=O)c1ccccc1)OC1C(OC2OC([C@@H](C)OC(C)=O)C(OC(C)=O)C(OC(C)=O)C2N)C(N)CC(NC(=O)c2ccccc2)C1OC(C)=O. The van der Waals surface area contributed by atoms with E-state index in [2.05, 4.69) is 5.32 Å². The highest BCUT2D eigenvalue weighted by atomic mass is 16.8. The molecular formula is C48H59N3O17. The second-order valence-corrected chi connectivity index (χ2v) is 16.2. The number of ether oxygens (including phenoxy) is 10. The molecule has 20 heteroatoms. The van der Waals surface area contributed by atoms with Gasteiger partial charge < -0.3 is 64.2 Å². The topological polar surface area (TPSA) is 276 Å². The molecule has 368 valence electrons. The van der Waals surface area contributed by atoms with Crippen molar-refractivity contribution in [1.82, 2.24) is 5.32 Å². The zero-order valence-electron chi connectivity index (χ0n) is 38.8. The number of methoxy groups -OCH3 is 1. The summed E-state index contributed by atoms with van der Waals surface area (Å²) in [6.07, 6.45) is -16.3. The standard InChI is InChI=1S/C48H59N3O17/c1-8-35(59-7)40(64-45(57)31-20-14-10-15-21-31)48(68-46(58)32-22-16-11-17-23-32)67-43-38(33(49)24-34(39(43)61-27(4)53)51-44(56)30-18-12-9-13-19-30)66-47-36(50)41(62-28(5)54)42(63-29(6)55)37(65-47)25(2)60-26(3)52/h9-23,25,33-43,47-48H,8,24,49-50H2,1-7H3,(H,51,56)/t25-,33?,34?,35?,36?,37?,38?,39?,40?,41?,42?,43?,47?,48?/m1/s1. The summed E-state index contributed by atoms with van der Waals surface area (Å²) in [5.74, 6) is -5.56. The fourth-order valence-electron chi connectivity index (χ4n) is 8.09. The third-order valence-corrected chi connectivity index (χ3v) is 11.1. The van der Waals surface area contributed by atoms with Crippen molar-refractivity contribution >= 4 is 41.7 Å². The Morgan fingerprint density at radius 2 is 1.15 bits per heavy atom. The van der Waals surface area contributed by atoms with Crippen molar-refractivity contribution in [3.05, 3.63) is 108 Å². The van der Waals surface area contributed by atoms with Crippen LogP contribution in [0.2, 0.25) is 0 Å². The summed E-state index contributed by atoms with van der Waals surface area (Å²) in [4.78, 5) is 92.1. The third-order valence-electron chi connectivity index (χ3n) is 11.1. The molecule has 3 aromatic rings. The lowest BCUT2D eigenvalue weighted by Gasteiger charge is -2.50. The predicted octanol–water partition coefficient (Wildman–Crippen LogP) is 2.92. The van der Waals surface area contributed by atoms with Crippen LogP contribution in [-0.4, -0.2) is 134 Å². The molecular weight excluding hydrogens is 891 g/mol. The predicted molar refractivity (Wildman–Crippen MR) is 237 cm³/mol. The van der Waals surface area contributed by atoms with Crippen LogP contribution in [0.25, 0.3) is 0 Å². The lowest BCUT2D eigenvalue weighted by atomic mass is 9.83. The zero-order valence-corrected chi connectivity index (χ0v) is 38.8. The van der Waals surface area contributed by atoms with E-state index in [1.54, 1.807) is 73.7 Å². The molecule has 1 saturated carbocycles. The minimum Gasteiger partial charge on any atom is -0.460 e. The van der Waals surface area contributed by atoms with Crippen LogP contribution < -0.4 is 16.8 Å². The lowest BCUT2D eigenvalue weighted by molar-refractivity contribution is -0.319. The second kappa shape index (κ2) is 24.6. The van der Waals surface area contributed by atoms with Gasteiger partial charge in [-0.1, -0.05) is 61.5 Å². The first-order chi connectivity index (χ1) is 32.4. The molecule has 1 aliphatic carbocycles. The van der Waals surface area contributed by atoms with Gasteiger partial charge in [-0.15, -0.1) is 0 Å². The minimum atomic E-state index is -1.91. The monoisotopic (exact) mass is 949 g/mol. The van der Waals surface area contributed by atoms with E-state index in [4.69, 9.17) is 58.8 Å². The molecule has 3 aromatic carbocycles. The van der Waals surface area contributed by atoms with Crippen molar-refractivity contribution in [2.45, 2.75) is 140 Å². The zero-order chi connectivity index (χ0) is 49.7. The molecule has 5 rings (SSSR count). The van der Waals surface area contributed by atoms with Crippen molar-refractivity contribution in [2.75, 3.05) is 7.11 Å². The Hall–Kier alpha value is -6.29. The maximum atomic E-state index is 14.1. The van der Waals surface area contributed by atoms with Crippen molar-refractivity contribution in [3.8, 4) is 0 Å². The Bertz CT molecular complexity index is 2180. The Morgan fingerprint density at radius 3 is 1.65 bits per heavy atom. The van der Waals surface area contributed by atoms with Gasteiger partial charge in [-0.25, -0.2) is 9.59 Å². The molecule has 0 bridgehead atoms. The van der Waals surface area contributed by atoms with Crippen LogP contribution in [0.1, 0.15) is 85.5 Å². The Morgan fingerprint density at radius 1 is 0.647 bits per heavy atom. The number of hydrogen-bond acceptors (Lipinski definition) is 19. The molecule has 68 heavy (non-hydrogen) atoms. The van der Waals surface area contributed by atoms with Crippen LogP contribution in [-0.2, 0) is 66.5 Å². The van der Waals surface area contributed by atoms with E-state index in [-0.39, 0.29) is 29.5 Å². The highest BCUT2D eigenvalue weighted by molar-refractivity contribution is 5.94. The highest BCUT2D eigenvalue weighted by Gasteiger charge is 2.56. The van der Waals surface area contributed by atoms with Crippen molar-refractivity contribution < 1.29 is 80.9 Å². The normalized spacial score (nSPS) is 26.3. The van der Waals surface area contributed by atoms with Crippen molar-refractivity contribution in [1.29, 1.82) is 0 Å². The highest BCUT2D eigenvalue weighted by Crippen LogP contribution is 2.35. The summed E-state index contributed by atoms with van der Waals surface area (Å²) >= 11 is 0. The van der Waals surface area contributed by atoms with Gasteiger partial charge in [0.15, 0.2) is 30.7 Å². The molecule has 0 radical (unpaired) electrons. The number of rotatable bonds is 19. The molecule has 1 saturated heterocycles. The number of benzene rings is 3. The molecule has 2 fully saturated rings. The quantitative estimate of drug-likeness (QED) is 0.0885. The molecule has 0 aromatic heterocycles. The number of carbonyl (C=O) groups is 7. The Kier molecular flexibility index (Phi) is 19.1. The van der Waals surface area contributed by atoms with Gasteiger partial charge in [0, 0.05) is 46.4 Å². The van der Waals surface area contributed by atoms with Crippen LogP contribution in [0.4, 0.5) is 0 Å². The van der Waals surface area contributed by atoms with Gasteiger partial charge in [0.2, 0.25) is 6.29 Å². The van der Waals surface area contributed by atoms with Gasteiger partial charge in [0.25, 0.3) is 5.91 Å². The molecule has 14 atom stereocenters. The number of carbonyl (C=O) groups excluding carboxylic acids is 7. The van der Waals surface area contributed by atoms with E-state index < -0.39 is 127 Å². The van der Waals surface area contributed by atoms with Crippen molar-refractivity contribution in [3.63, 3.8) is 0 Å². The fraction of sp³-hybridized carbons (Fsp3) is 0.479. The number of nitrogens with two attached hydrogens (primary N) is 2. The number of hydrogen-bond donors (Lipinski definition) is 3. The summed E-state index contributed by atoms with van der Waals surface area (Å²) in [5.41, 5.74) is 14.2. The van der Waals surface area contributed by atoms with Gasteiger partial charge in [-0.3, -0.25) is 24.0 Å². The van der Waals surface area contributed by atoms with Gasteiger partial charge in [-0.2, -0.15) is 0 Å². The summed E-state index contributed by atoms with van der Waals surface area (Å²) in [6, 6.07) is 20.2. The first kappa shape index (κ1) is 52.7. The van der Waals surface area contributed by atoms with Crippen LogP contribution in [0.5, 0.6) is 0 Å². The maximum Gasteiger partial charge on any atom is 0.340 e. The molecule has 20 nitrogen and oxygen atoms in total. The fourth-order valence-corrected chi connectivity index (χ4v) is 8.09. The largest absolute Gasteiger partial charge is 0.460 e. The smallest absolute Gasteiger partial charge is 0.340 e. The van der Waals surface area contributed by atoms with E-state index in [1.165, 1.54) is 38.3 Å². The summed E-state index contributed by atoms with van der Waals surface area (Å²) in [5, 5.41) is 2.88. The number of nitrogens with one attached hydrogen (secondary N) is 1. The lowest BCUT2D eigenvalue weighted by Crippen LogP contribution is -2.70. The van der Waals surface area contributed by atoms with E-state index >= 15 is 0 Å². The molecule has 1 amide bonds. The second-order valence-electron chi connectivity index (χ2n) is 16.2. The van der Waals surface area contributed by atoms with E-state index in [1.807, 2.05) is 0 Å². The van der Waals surface area contributed by atoms with Gasteiger partial charge in [0.05, 0.1) is 23.2 Å². The Labute approximate surface area is 393 Å². The van der Waals surface area contributed by atoms with E-state index in [0.29, 0.717) is 0 Å². The van der Waals surface area contributed by atoms with Gasteiger partial charge in [-0.05, 0) is 56.2 Å². The van der Waals surface area contributed by atoms with Gasteiger partial charge in [0.1, 0.15) is 30.5 Å². The van der Waals surface area contributed by atoms with Crippen LogP contribution in [0, 0.1) is 0 Å². The molecule has 0 spiro atoms. The summed E-state index contributed by atoms with van der Waals surface area (Å²) in [6.45, 7) is 7.64. The average molecular weight is 950 g/mol. The van der Waals surface area contributed by atoms with E-state index in [9.17, 15) is 33.6 Å². The average Bonchev–Trinajstić information content (AvgIpc) is 3.30. The number of esters is 6. The molecule has 1 heterocycles. The molecule has 2 aliphatic rings. The minimum absolute atomic E-state index is 0.0748. The molecule has 13 unspecified atom stereocenters. The number of amides is 1. The summed E-state index contributed by atoms with van der Waals surface area (Å²) in [7, 11) is 1.35. The van der Waals surface area contributed by atoms with Crippen LogP contribution in [0.15, 0.2) is 91.0 Å². The van der Waals surface area contributed by atoms with Crippen LogP contribution in [0.3, 0.4) is 0 Å². The first-order valence-electron chi connectivity index (χ1n) is 22.0. The Balaban J connectivity index is 1.67. The maximum absolute atomic E-state index is 14.1. The first-order valence-corrected chi connectivity index (χ1v) is 22.0. The third kappa shape index (κ3) is 13.9.